The Kier molecular flexibility index (Phi) is 7.47. The van der Waals surface area contributed by atoms with Gasteiger partial charge < -0.3 is 4.74 Å². The molecule has 160 valence electrons. The third kappa shape index (κ3) is 6.21. The molecule has 8 nitrogen and oxygen atoms in total. The van der Waals surface area contributed by atoms with Crippen molar-refractivity contribution in [2.45, 2.75) is 11.4 Å². The van der Waals surface area contributed by atoms with Gasteiger partial charge in [0.15, 0.2) is 0 Å². The Morgan fingerprint density at radius 3 is 2.39 bits per heavy atom. The first-order valence-corrected chi connectivity index (χ1v) is 10.8. The third-order valence-corrected chi connectivity index (χ3v) is 6.13. The molecule has 3 aromatic rings. The highest BCUT2D eigenvalue weighted by molar-refractivity contribution is 7.89. The zero-order valence-electron chi connectivity index (χ0n) is 16.9. The summed E-state index contributed by atoms with van der Waals surface area (Å²) in [7, 11) is -2.44. The summed E-state index contributed by atoms with van der Waals surface area (Å²) in [5, 5.41) is 3.89. The number of rotatable bonds is 9. The van der Waals surface area contributed by atoms with E-state index < -0.39 is 22.5 Å². The first-order chi connectivity index (χ1) is 15.0. The number of nitrogens with zero attached hydrogens (tertiary/aromatic N) is 3. The first-order valence-electron chi connectivity index (χ1n) is 9.39. The quantitative estimate of drug-likeness (QED) is 0.408. The Morgan fingerprint density at radius 2 is 1.74 bits per heavy atom. The minimum atomic E-state index is -3.94. The molecule has 3 rings (SSSR count). The molecule has 1 heterocycles. The first kappa shape index (κ1) is 22.1. The van der Waals surface area contributed by atoms with Crippen LogP contribution in [0, 0.1) is 0 Å². The lowest BCUT2D eigenvalue weighted by atomic mass is 10.2. The maximum atomic E-state index is 13.2. The van der Waals surface area contributed by atoms with Gasteiger partial charge in [-0.3, -0.25) is 9.78 Å². The average Bonchev–Trinajstić information content (AvgIpc) is 2.80. The predicted octanol–water partition coefficient (Wildman–Crippen LogP) is 2.43. The molecule has 0 saturated heterocycles. The molecule has 9 heteroatoms. The van der Waals surface area contributed by atoms with E-state index in [2.05, 4.69) is 15.5 Å². The fraction of sp³-hybridized carbons (Fsp3) is 0.136. The lowest BCUT2D eigenvalue weighted by molar-refractivity contribution is -0.121. The Balaban J connectivity index is 1.78. The summed E-state index contributed by atoms with van der Waals surface area (Å²) in [5.74, 6) is -0.0184. The van der Waals surface area contributed by atoms with E-state index in [1.165, 1.54) is 25.5 Å². The molecule has 1 aromatic heterocycles. The molecule has 0 atom stereocenters. The number of amides is 1. The van der Waals surface area contributed by atoms with Gasteiger partial charge in [0.1, 0.15) is 5.75 Å². The summed E-state index contributed by atoms with van der Waals surface area (Å²) in [5.41, 5.74) is 3.88. The number of pyridine rings is 1. The minimum absolute atomic E-state index is 0.0384. The van der Waals surface area contributed by atoms with E-state index in [0.29, 0.717) is 5.75 Å². The Hall–Kier alpha value is -3.56. The molecule has 0 aliphatic rings. The van der Waals surface area contributed by atoms with E-state index in [1.54, 1.807) is 48.8 Å². The van der Waals surface area contributed by atoms with E-state index in [0.717, 1.165) is 15.4 Å². The van der Waals surface area contributed by atoms with Gasteiger partial charge in [-0.05, 0) is 47.5 Å². The van der Waals surface area contributed by atoms with Gasteiger partial charge in [0, 0.05) is 18.9 Å². The number of hydrogen-bond acceptors (Lipinski definition) is 6. The Labute approximate surface area is 181 Å². The third-order valence-electron chi connectivity index (χ3n) is 4.33. The molecule has 0 aliphatic carbocycles. The number of sulfonamides is 1. The fourth-order valence-electron chi connectivity index (χ4n) is 2.73. The molecule has 0 radical (unpaired) electrons. The molecule has 2 aromatic carbocycles. The second-order valence-electron chi connectivity index (χ2n) is 6.51. The van der Waals surface area contributed by atoms with Crippen molar-refractivity contribution in [3.8, 4) is 5.75 Å². The second-order valence-corrected chi connectivity index (χ2v) is 8.45. The molecular formula is C22H22N4O4S. The van der Waals surface area contributed by atoms with Crippen molar-refractivity contribution in [3.05, 3.63) is 90.3 Å². The standard InChI is InChI=1S/C22H22N4O4S/c1-30-20-7-9-21(10-8-20)31(28,29)26(16-19-5-3-2-4-6-19)17-22(27)25-24-15-18-11-13-23-14-12-18/h2-15H,16-17H2,1H3,(H,25,27)/b24-15-. The number of carbonyl (C=O) groups is 1. The fourth-order valence-corrected chi connectivity index (χ4v) is 4.12. The van der Waals surface area contributed by atoms with Crippen molar-refractivity contribution in [1.29, 1.82) is 0 Å². The summed E-state index contributed by atoms with van der Waals surface area (Å²) >= 11 is 0. The van der Waals surface area contributed by atoms with Crippen LogP contribution >= 0.6 is 0 Å². The number of hydrogen-bond donors (Lipinski definition) is 1. The Bertz CT molecular complexity index is 1120. The van der Waals surface area contributed by atoms with Crippen LogP contribution < -0.4 is 10.2 Å². The van der Waals surface area contributed by atoms with E-state index in [1.807, 2.05) is 18.2 Å². The highest BCUT2D eigenvalue weighted by Gasteiger charge is 2.27. The molecule has 0 unspecified atom stereocenters. The molecule has 0 bridgehead atoms. The zero-order valence-corrected chi connectivity index (χ0v) is 17.7. The van der Waals surface area contributed by atoms with E-state index in [-0.39, 0.29) is 11.4 Å². The topological polar surface area (TPSA) is 101 Å². The summed E-state index contributed by atoms with van der Waals surface area (Å²) in [4.78, 5) is 16.4. The highest BCUT2D eigenvalue weighted by atomic mass is 32.2. The molecule has 31 heavy (non-hydrogen) atoms. The number of carbonyl (C=O) groups excluding carboxylic acids is 1. The number of hydrazone groups is 1. The van der Waals surface area contributed by atoms with Crippen molar-refractivity contribution < 1.29 is 17.9 Å². The predicted molar refractivity (Wildman–Crippen MR) is 117 cm³/mol. The van der Waals surface area contributed by atoms with E-state index in [4.69, 9.17) is 4.74 Å². The molecular weight excluding hydrogens is 416 g/mol. The van der Waals surface area contributed by atoms with Gasteiger partial charge in [-0.1, -0.05) is 30.3 Å². The number of methoxy groups -OCH3 is 1. The van der Waals surface area contributed by atoms with Crippen molar-refractivity contribution in [2.24, 2.45) is 5.10 Å². The zero-order chi connectivity index (χ0) is 22.1. The lowest BCUT2D eigenvalue weighted by Gasteiger charge is -2.21. The van der Waals surface area contributed by atoms with Crippen molar-refractivity contribution >= 4 is 22.1 Å². The summed E-state index contributed by atoms with van der Waals surface area (Å²) in [6.07, 6.45) is 4.66. The lowest BCUT2D eigenvalue weighted by Crippen LogP contribution is -2.39. The van der Waals surface area contributed by atoms with Crippen molar-refractivity contribution in [3.63, 3.8) is 0 Å². The van der Waals surface area contributed by atoms with Crippen LogP contribution in [0.3, 0.4) is 0 Å². The van der Waals surface area contributed by atoms with Crippen LogP contribution in [0.15, 0.2) is 89.1 Å². The van der Waals surface area contributed by atoms with Gasteiger partial charge in [-0.25, -0.2) is 13.8 Å². The summed E-state index contributed by atoms with van der Waals surface area (Å²) in [6.45, 7) is -0.354. The smallest absolute Gasteiger partial charge is 0.255 e. The molecule has 1 amide bonds. The van der Waals surface area contributed by atoms with Gasteiger partial charge in [0.25, 0.3) is 5.91 Å². The number of aromatic nitrogens is 1. The maximum absolute atomic E-state index is 13.2. The highest BCUT2D eigenvalue weighted by Crippen LogP contribution is 2.21. The van der Waals surface area contributed by atoms with Crippen molar-refractivity contribution in [1.82, 2.24) is 14.7 Å². The van der Waals surface area contributed by atoms with Gasteiger partial charge in [-0.2, -0.15) is 9.41 Å². The summed E-state index contributed by atoms with van der Waals surface area (Å²) < 4.78 is 32.7. The molecule has 1 N–H and O–H groups in total. The molecule has 0 fully saturated rings. The van der Waals surface area contributed by atoms with Crippen LogP contribution in [0.1, 0.15) is 11.1 Å². The van der Waals surface area contributed by atoms with Crippen LogP contribution in [0.2, 0.25) is 0 Å². The van der Waals surface area contributed by atoms with Crippen LogP contribution in [0.5, 0.6) is 5.75 Å². The van der Waals surface area contributed by atoms with Crippen LogP contribution in [-0.4, -0.2) is 43.5 Å². The number of nitrogens with one attached hydrogen (secondary N) is 1. The average molecular weight is 439 g/mol. The van der Waals surface area contributed by atoms with Gasteiger partial charge in [0.2, 0.25) is 10.0 Å². The van der Waals surface area contributed by atoms with Crippen LogP contribution in [-0.2, 0) is 21.4 Å². The van der Waals surface area contributed by atoms with Gasteiger partial charge in [0.05, 0.1) is 24.8 Å². The van der Waals surface area contributed by atoms with E-state index >= 15 is 0 Å². The molecule has 0 saturated carbocycles. The van der Waals surface area contributed by atoms with Crippen molar-refractivity contribution in [2.75, 3.05) is 13.7 Å². The molecule has 0 spiro atoms. The number of benzene rings is 2. The maximum Gasteiger partial charge on any atom is 0.255 e. The largest absolute Gasteiger partial charge is 0.497 e. The van der Waals surface area contributed by atoms with Gasteiger partial charge in [-0.15, -0.1) is 0 Å². The van der Waals surface area contributed by atoms with Crippen LogP contribution in [0.25, 0.3) is 0 Å². The van der Waals surface area contributed by atoms with Gasteiger partial charge >= 0.3 is 0 Å². The monoisotopic (exact) mass is 438 g/mol. The normalized spacial score (nSPS) is 11.5. The number of ether oxygens (including phenoxy) is 1. The minimum Gasteiger partial charge on any atom is -0.497 e. The molecule has 0 aliphatic heterocycles. The SMILES string of the molecule is COc1ccc(S(=O)(=O)N(CC(=O)N/N=C\c2ccncc2)Cc2ccccc2)cc1. The second kappa shape index (κ2) is 10.5. The summed E-state index contributed by atoms with van der Waals surface area (Å²) in [6, 6.07) is 18.5. The Morgan fingerprint density at radius 1 is 1.06 bits per heavy atom. The van der Waals surface area contributed by atoms with Crippen LogP contribution in [0.4, 0.5) is 0 Å². The van der Waals surface area contributed by atoms with E-state index in [9.17, 15) is 13.2 Å².